The molecule has 134 valence electrons. The molecule has 0 bridgehead atoms. The Morgan fingerprint density at radius 1 is 1.19 bits per heavy atom. The van der Waals surface area contributed by atoms with Crippen molar-refractivity contribution in [3.63, 3.8) is 0 Å². The minimum absolute atomic E-state index is 0.116. The molecule has 1 unspecified atom stereocenters. The molecule has 8 heteroatoms. The van der Waals surface area contributed by atoms with Crippen LogP contribution in [0.1, 0.15) is 24.2 Å². The van der Waals surface area contributed by atoms with Crippen LogP contribution >= 0.6 is 0 Å². The number of fused-ring (bicyclic) bond motifs is 1. The molecule has 2 heterocycles. The standard InChI is InChI=1S/C18H14F3N3O2/c1-9(17-14(21)7-13(20)8-22-17)23-16(25)6-11-4-10-5-12(19)2-3-15(10)24-18(11)26/h2-5,7-9H,6H2,1H3,(H,23,25)(H,24,26). The molecule has 3 rings (SSSR count). The van der Waals surface area contributed by atoms with E-state index in [0.717, 1.165) is 6.20 Å². The van der Waals surface area contributed by atoms with Gasteiger partial charge in [-0.05, 0) is 31.2 Å². The number of nitrogens with zero attached hydrogens (tertiary/aromatic N) is 1. The molecule has 1 amide bonds. The number of H-pyrrole nitrogens is 1. The van der Waals surface area contributed by atoms with E-state index in [4.69, 9.17) is 0 Å². The molecular formula is C18H14F3N3O2. The first-order valence-corrected chi connectivity index (χ1v) is 7.75. The lowest BCUT2D eigenvalue weighted by molar-refractivity contribution is -0.121. The highest BCUT2D eigenvalue weighted by molar-refractivity contribution is 5.82. The molecule has 0 fully saturated rings. The number of aromatic amines is 1. The van der Waals surface area contributed by atoms with Gasteiger partial charge in [0, 0.05) is 22.5 Å². The number of pyridine rings is 2. The first-order chi connectivity index (χ1) is 12.3. The molecule has 2 aromatic heterocycles. The Hall–Kier alpha value is -3.16. The Kier molecular flexibility index (Phi) is 4.75. The molecule has 3 aromatic rings. The van der Waals surface area contributed by atoms with Crippen molar-refractivity contribution >= 4 is 16.8 Å². The smallest absolute Gasteiger partial charge is 0.252 e. The molecular weight excluding hydrogens is 347 g/mol. The summed E-state index contributed by atoms with van der Waals surface area (Å²) in [5.74, 6) is -2.72. The van der Waals surface area contributed by atoms with E-state index >= 15 is 0 Å². The molecule has 0 aliphatic rings. The number of amides is 1. The SMILES string of the molecule is CC(NC(=O)Cc1cc2cc(F)ccc2[nH]c1=O)c1ncc(F)cc1F. The maximum Gasteiger partial charge on any atom is 0.252 e. The Balaban J connectivity index is 1.78. The number of nitrogens with one attached hydrogen (secondary N) is 2. The molecule has 26 heavy (non-hydrogen) atoms. The molecule has 0 spiro atoms. The van der Waals surface area contributed by atoms with Crippen LogP contribution in [0.3, 0.4) is 0 Å². The van der Waals surface area contributed by atoms with Crippen LogP contribution in [0, 0.1) is 17.5 Å². The summed E-state index contributed by atoms with van der Waals surface area (Å²) in [4.78, 5) is 30.4. The predicted molar refractivity (Wildman–Crippen MR) is 88.9 cm³/mol. The predicted octanol–water partition coefficient (Wildman–Crippen LogP) is 2.76. The number of halogens is 3. The van der Waals surface area contributed by atoms with Crippen LogP contribution in [-0.2, 0) is 11.2 Å². The Morgan fingerprint density at radius 3 is 2.69 bits per heavy atom. The normalized spacial score (nSPS) is 12.2. The summed E-state index contributed by atoms with van der Waals surface area (Å²) in [5, 5.41) is 2.95. The van der Waals surface area contributed by atoms with Crippen molar-refractivity contribution in [2.45, 2.75) is 19.4 Å². The molecule has 0 saturated heterocycles. The van der Waals surface area contributed by atoms with Gasteiger partial charge in [0.1, 0.15) is 17.5 Å². The summed E-state index contributed by atoms with van der Waals surface area (Å²) >= 11 is 0. The summed E-state index contributed by atoms with van der Waals surface area (Å²) in [6, 6.07) is 5.18. The van der Waals surface area contributed by atoms with Crippen molar-refractivity contribution in [2.24, 2.45) is 0 Å². The summed E-state index contributed by atoms with van der Waals surface area (Å²) in [5.41, 5.74) is -0.000845. The third kappa shape index (κ3) is 3.74. The summed E-state index contributed by atoms with van der Waals surface area (Å²) in [6.07, 6.45) is 0.568. The van der Waals surface area contributed by atoms with E-state index < -0.39 is 35.0 Å². The Labute approximate surface area is 145 Å². The van der Waals surface area contributed by atoms with Crippen molar-refractivity contribution in [1.82, 2.24) is 15.3 Å². The zero-order valence-corrected chi connectivity index (χ0v) is 13.6. The number of hydrogen-bond donors (Lipinski definition) is 2. The van der Waals surface area contributed by atoms with E-state index in [1.807, 2.05) is 0 Å². The lowest BCUT2D eigenvalue weighted by atomic mass is 10.1. The highest BCUT2D eigenvalue weighted by atomic mass is 19.1. The Bertz CT molecular complexity index is 1050. The molecule has 2 N–H and O–H groups in total. The maximum atomic E-state index is 13.7. The third-order valence-corrected chi connectivity index (χ3v) is 3.86. The summed E-state index contributed by atoms with van der Waals surface area (Å²) in [6.45, 7) is 1.49. The number of benzene rings is 1. The van der Waals surface area contributed by atoms with Gasteiger partial charge in [0.25, 0.3) is 5.56 Å². The van der Waals surface area contributed by atoms with Crippen molar-refractivity contribution in [3.8, 4) is 0 Å². The van der Waals surface area contributed by atoms with E-state index in [9.17, 15) is 22.8 Å². The fraction of sp³-hybridized carbons (Fsp3) is 0.167. The summed E-state index contributed by atoms with van der Waals surface area (Å²) < 4.78 is 39.9. The second kappa shape index (κ2) is 6.99. The zero-order valence-electron chi connectivity index (χ0n) is 13.6. The molecule has 0 saturated carbocycles. The second-order valence-corrected chi connectivity index (χ2v) is 5.84. The van der Waals surface area contributed by atoms with Crippen LogP contribution in [0.25, 0.3) is 10.9 Å². The van der Waals surface area contributed by atoms with Gasteiger partial charge in [0.2, 0.25) is 5.91 Å². The van der Waals surface area contributed by atoms with Crippen LogP contribution in [-0.4, -0.2) is 15.9 Å². The van der Waals surface area contributed by atoms with Gasteiger partial charge in [0.05, 0.1) is 24.4 Å². The van der Waals surface area contributed by atoms with Gasteiger partial charge in [0.15, 0.2) is 0 Å². The minimum atomic E-state index is -0.878. The highest BCUT2D eigenvalue weighted by Gasteiger charge is 2.17. The zero-order chi connectivity index (χ0) is 18.8. The van der Waals surface area contributed by atoms with E-state index in [1.165, 1.54) is 31.2 Å². The van der Waals surface area contributed by atoms with Crippen LogP contribution < -0.4 is 10.9 Å². The molecule has 1 atom stereocenters. The average Bonchev–Trinajstić information content (AvgIpc) is 2.55. The van der Waals surface area contributed by atoms with E-state index in [-0.39, 0.29) is 17.7 Å². The quantitative estimate of drug-likeness (QED) is 0.750. The van der Waals surface area contributed by atoms with Gasteiger partial charge in [-0.1, -0.05) is 0 Å². The van der Waals surface area contributed by atoms with E-state index in [2.05, 4.69) is 15.3 Å². The van der Waals surface area contributed by atoms with Crippen LogP contribution in [0.2, 0.25) is 0 Å². The monoisotopic (exact) mass is 361 g/mol. The first kappa shape index (κ1) is 17.7. The lowest BCUT2D eigenvalue weighted by Gasteiger charge is -2.14. The lowest BCUT2D eigenvalue weighted by Crippen LogP contribution is -2.31. The van der Waals surface area contributed by atoms with Gasteiger partial charge >= 0.3 is 0 Å². The molecule has 0 radical (unpaired) electrons. The maximum absolute atomic E-state index is 13.7. The largest absolute Gasteiger partial charge is 0.348 e. The van der Waals surface area contributed by atoms with Gasteiger partial charge in [-0.3, -0.25) is 14.6 Å². The van der Waals surface area contributed by atoms with Gasteiger partial charge in [-0.2, -0.15) is 0 Å². The fourth-order valence-corrected chi connectivity index (χ4v) is 2.63. The highest BCUT2D eigenvalue weighted by Crippen LogP contribution is 2.16. The number of aromatic nitrogens is 2. The van der Waals surface area contributed by atoms with Crippen molar-refractivity contribution in [1.29, 1.82) is 0 Å². The minimum Gasteiger partial charge on any atom is -0.348 e. The second-order valence-electron chi connectivity index (χ2n) is 5.84. The van der Waals surface area contributed by atoms with Gasteiger partial charge in [-0.15, -0.1) is 0 Å². The number of carbonyl (C=O) groups excluding carboxylic acids is 1. The Morgan fingerprint density at radius 2 is 1.96 bits per heavy atom. The van der Waals surface area contributed by atoms with Gasteiger partial charge in [-0.25, -0.2) is 13.2 Å². The summed E-state index contributed by atoms with van der Waals surface area (Å²) in [7, 11) is 0. The molecule has 5 nitrogen and oxygen atoms in total. The van der Waals surface area contributed by atoms with Gasteiger partial charge < -0.3 is 10.3 Å². The van der Waals surface area contributed by atoms with E-state index in [1.54, 1.807) is 0 Å². The van der Waals surface area contributed by atoms with Crippen molar-refractivity contribution in [3.05, 3.63) is 75.6 Å². The first-order valence-electron chi connectivity index (χ1n) is 7.75. The van der Waals surface area contributed by atoms with Crippen LogP contribution in [0.15, 0.2) is 41.3 Å². The topological polar surface area (TPSA) is 74.8 Å². The molecule has 0 aliphatic heterocycles. The van der Waals surface area contributed by atoms with Crippen molar-refractivity contribution in [2.75, 3.05) is 0 Å². The van der Waals surface area contributed by atoms with Crippen LogP contribution in [0.5, 0.6) is 0 Å². The third-order valence-electron chi connectivity index (χ3n) is 3.86. The number of rotatable bonds is 4. The number of carbonyl (C=O) groups is 1. The average molecular weight is 361 g/mol. The number of hydrogen-bond acceptors (Lipinski definition) is 3. The van der Waals surface area contributed by atoms with E-state index in [0.29, 0.717) is 17.0 Å². The molecule has 1 aromatic carbocycles. The fourth-order valence-electron chi connectivity index (χ4n) is 2.63. The van der Waals surface area contributed by atoms with Crippen LogP contribution in [0.4, 0.5) is 13.2 Å². The molecule has 0 aliphatic carbocycles. The van der Waals surface area contributed by atoms with Crippen molar-refractivity contribution < 1.29 is 18.0 Å².